The van der Waals surface area contributed by atoms with Crippen LogP contribution in [0.3, 0.4) is 0 Å². The average molecular weight is 573 g/mol. The van der Waals surface area contributed by atoms with Gasteiger partial charge in [-0.2, -0.15) is 0 Å². The molecular weight excluding hydrogens is 520 g/mol. The molecule has 0 atom stereocenters. The molecule has 0 amide bonds. The van der Waals surface area contributed by atoms with Crippen LogP contribution in [0.5, 0.6) is 0 Å². The van der Waals surface area contributed by atoms with E-state index >= 15 is 0 Å². The minimum Gasteiger partial charge on any atom is -0.456 e. The number of benzene rings is 8. The van der Waals surface area contributed by atoms with Crippen molar-refractivity contribution in [3.05, 3.63) is 157 Å². The van der Waals surface area contributed by atoms with Crippen molar-refractivity contribution < 1.29 is 40.1 Å². The predicted octanol–water partition coefficient (Wildman–Crippen LogP) is 12.0. The Morgan fingerprint density at radius 1 is 0.279 bits per heavy atom. The molecule has 1 aromatic heterocycles. The first-order chi connectivity index (χ1) is 32.2. The molecule has 0 aliphatic heterocycles. The molecule has 0 N–H and O–H groups in total. The summed E-state index contributed by atoms with van der Waals surface area (Å²) in [7, 11) is 0. The molecule has 0 radical (unpaired) electrons. The number of furan rings is 1. The molecule has 0 bridgehead atoms. The van der Waals surface area contributed by atoms with Gasteiger partial charge in [-0.05, 0) is 95.9 Å². The first-order valence-corrected chi connectivity index (χ1v) is 12.7. The van der Waals surface area contributed by atoms with Crippen molar-refractivity contribution in [2.24, 2.45) is 0 Å². The van der Waals surface area contributed by atoms with Gasteiger partial charge in [-0.15, -0.1) is 0 Å². The first-order valence-electron chi connectivity index (χ1n) is 25.7. The minimum atomic E-state index is -1.06. The molecular formula is C42H26O. The largest absolute Gasteiger partial charge is 0.456 e. The summed E-state index contributed by atoms with van der Waals surface area (Å²) >= 11 is 0. The van der Waals surface area contributed by atoms with Gasteiger partial charge in [-0.3, -0.25) is 0 Å². The zero-order valence-corrected chi connectivity index (χ0v) is 21.4. The Labute approximate surface area is 285 Å². The van der Waals surface area contributed by atoms with Gasteiger partial charge in [-0.1, -0.05) is 127 Å². The number of rotatable bonds is 3. The number of fused-ring (bicyclic) bond motifs is 9. The third-order valence-electron chi connectivity index (χ3n) is 6.82. The van der Waals surface area contributed by atoms with E-state index in [1.54, 1.807) is 0 Å². The molecule has 0 saturated carbocycles. The standard InChI is InChI=1S/C42H26O/c1-2-12-35-33(10-1)34-11-3-4-13-36(34)40-25-31(20-22-37(35)40)28-18-16-27(17-19-28)29-8-7-9-30(24-29)32-21-23-39-38-14-5-6-15-41(38)43-42(39)26-32/h1-26H/i1D,2D,3D,4D,5D,6D,7D,8D,9D,10D,11D,12D,13D,14D,15D,16D,17D,18D,19D,20D,21D,22D,23D,24D,25D,26D. The van der Waals surface area contributed by atoms with Crippen molar-refractivity contribution in [3.63, 3.8) is 0 Å². The summed E-state index contributed by atoms with van der Waals surface area (Å²) in [6.45, 7) is 0. The summed E-state index contributed by atoms with van der Waals surface area (Å²) in [4.78, 5) is 0. The van der Waals surface area contributed by atoms with Crippen molar-refractivity contribution in [2.75, 3.05) is 0 Å². The van der Waals surface area contributed by atoms with E-state index in [2.05, 4.69) is 0 Å². The Morgan fingerprint density at radius 3 is 1.35 bits per heavy atom. The van der Waals surface area contributed by atoms with Crippen LogP contribution >= 0.6 is 0 Å². The Morgan fingerprint density at radius 2 is 0.698 bits per heavy atom. The van der Waals surface area contributed by atoms with Crippen LogP contribution in [-0.2, 0) is 0 Å². The van der Waals surface area contributed by atoms with Gasteiger partial charge in [-0.25, -0.2) is 0 Å². The van der Waals surface area contributed by atoms with Crippen LogP contribution in [0.2, 0.25) is 0 Å². The van der Waals surface area contributed by atoms with Crippen molar-refractivity contribution >= 4 is 54.3 Å². The monoisotopic (exact) mass is 572 g/mol. The highest BCUT2D eigenvalue weighted by atomic mass is 16.3. The van der Waals surface area contributed by atoms with Crippen LogP contribution in [0.1, 0.15) is 35.6 Å². The van der Waals surface area contributed by atoms with Gasteiger partial charge in [0.1, 0.15) is 11.2 Å². The molecule has 43 heavy (non-hydrogen) atoms. The maximum absolute atomic E-state index is 9.53. The second-order valence-corrected chi connectivity index (χ2v) is 9.26. The third-order valence-corrected chi connectivity index (χ3v) is 6.82. The molecule has 200 valence electrons. The third kappa shape index (κ3) is 3.86. The van der Waals surface area contributed by atoms with Crippen LogP contribution in [0, 0.1) is 0 Å². The molecule has 0 aliphatic rings. The molecule has 1 nitrogen and oxygen atoms in total. The van der Waals surface area contributed by atoms with E-state index in [0.717, 1.165) is 0 Å². The minimum absolute atomic E-state index is 0.326. The summed E-state index contributed by atoms with van der Waals surface area (Å²) in [5.74, 6) is 0. The topological polar surface area (TPSA) is 13.1 Å². The van der Waals surface area contributed by atoms with Gasteiger partial charge in [0.05, 0.1) is 35.6 Å². The molecule has 0 unspecified atom stereocenters. The molecule has 9 rings (SSSR count). The molecule has 0 aliphatic carbocycles. The van der Waals surface area contributed by atoms with Crippen LogP contribution in [0.4, 0.5) is 0 Å². The van der Waals surface area contributed by atoms with Crippen LogP contribution < -0.4 is 0 Å². The molecule has 0 saturated heterocycles. The molecule has 0 spiro atoms. The van der Waals surface area contributed by atoms with Gasteiger partial charge >= 0.3 is 0 Å². The smallest absolute Gasteiger partial charge is 0.136 e. The summed E-state index contributed by atoms with van der Waals surface area (Å²) < 4.78 is 235. The lowest BCUT2D eigenvalue weighted by Crippen LogP contribution is -1.85. The lowest BCUT2D eigenvalue weighted by molar-refractivity contribution is 0.669. The Balaban J connectivity index is 1.38. The first kappa shape index (κ1) is 9.69. The number of para-hydroxylation sites is 1. The summed E-state index contributed by atoms with van der Waals surface area (Å²) in [5.41, 5.74) is -5.78. The van der Waals surface area contributed by atoms with E-state index in [4.69, 9.17) is 29.1 Å². The molecule has 0 fully saturated rings. The normalized spacial score (nSPS) is 20.2. The Bertz CT molecular complexity index is 3890. The lowest BCUT2D eigenvalue weighted by atomic mass is 9.91. The van der Waals surface area contributed by atoms with E-state index in [1.807, 2.05) is 0 Å². The van der Waals surface area contributed by atoms with Crippen molar-refractivity contribution in [2.45, 2.75) is 0 Å². The van der Waals surface area contributed by atoms with Crippen LogP contribution in [0.25, 0.3) is 87.6 Å². The SMILES string of the molecule is [2H]c1c([2H])c(-c2c([2H])c([2H])c(-c3c([2H])c([2H])c4c5c([2H])c([2H])c([2H])c([2H])c5c5c([2H])c([2H])c([2H])c([2H])c5c4c3[2H])c([2H])c2[2H])c([2H])c(-c2c([2H])c([2H])c3c(oc4c([2H])c([2H])c([2H])c([2H])c43)c2[2H])c1[2H]. The fourth-order valence-electron chi connectivity index (χ4n) is 4.86. The average Bonchev–Trinajstić information content (AvgIpc) is 3.73. The lowest BCUT2D eigenvalue weighted by Gasteiger charge is -2.12. The predicted molar refractivity (Wildman–Crippen MR) is 183 cm³/mol. The van der Waals surface area contributed by atoms with Crippen LogP contribution in [-0.4, -0.2) is 0 Å². The zero-order valence-electron chi connectivity index (χ0n) is 47.4. The van der Waals surface area contributed by atoms with Gasteiger partial charge in [0.15, 0.2) is 0 Å². The highest BCUT2D eigenvalue weighted by Gasteiger charge is 2.11. The van der Waals surface area contributed by atoms with Crippen molar-refractivity contribution in [1.82, 2.24) is 0 Å². The van der Waals surface area contributed by atoms with E-state index in [-0.39, 0.29) is 10.8 Å². The summed E-state index contributed by atoms with van der Waals surface area (Å²) in [6, 6.07) is -22.4. The highest BCUT2D eigenvalue weighted by Crippen LogP contribution is 2.38. The highest BCUT2D eigenvalue weighted by molar-refractivity contribution is 6.25. The quantitative estimate of drug-likeness (QED) is 0.192. The fraction of sp³-hybridized carbons (Fsp3) is 0. The Kier molecular flexibility index (Phi) is 2.13. The van der Waals surface area contributed by atoms with Crippen LogP contribution in [0.15, 0.2) is 162 Å². The van der Waals surface area contributed by atoms with Gasteiger partial charge in [0, 0.05) is 10.8 Å². The molecule has 1 heterocycles. The van der Waals surface area contributed by atoms with Gasteiger partial charge < -0.3 is 4.42 Å². The maximum atomic E-state index is 9.53. The second kappa shape index (κ2) is 9.44. The van der Waals surface area contributed by atoms with E-state index in [0.29, 0.717) is 0 Å². The molecule has 1 heteroatoms. The number of hydrogen-bond acceptors (Lipinski definition) is 1. The molecule has 9 aromatic rings. The van der Waals surface area contributed by atoms with Gasteiger partial charge in [0.2, 0.25) is 0 Å². The van der Waals surface area contributed by atoms with E-state index in [1.165, 1.54) is 0 Å². The maximum Gasteiger partial charge on any atom is 0.136 e. The van der Waals surface area contributed by atoms with Gasteiger partial charge in [0.25, 0.3) is 0 Å². The Hall–Kier alpha value is -5.66. The number of hydrogen-bond donors (Lipinski definition) is 0. The van der Waals surface area contributed by atoms with E-state index in [9.17, 15) is 11.0 Å². The molecule has 8 aromatic carbocycles. The van der Waals surface area contributed by atoms with E-state index < -0.39 is 234 Å². The van der Waals surface area contributed by atoms with Crippen molar-refractivity contribution in [3.8, 4) is 33.4 Å². The zero-order chi connectivity index (χ0) is 51.0. The summed E-state index contributed by atoms with van der Waals surface area (Å²) in [6.07, 6.45) is 0. The fourth-order valence-corrected chi connectivity index (χ4v) is 4.86. The second-order valence-electron chi connectivity index (χ2n) is 9.26. The van der Waals surface area contributed by atoms with Crippen molar-refractivity contribution in [1.29, 1.82) is 0 Å². The summed E-state index contributed by atoms with van der Waals surface area (Å²) in [5, 5.41) is -3.64.